The van der Waals surface area contributed by atoms with Crippen LogP contribution >= 0.6 is 11.3 Å². The van der Waals surface area contributed by atoms with Crippen molar-refractivity contribution < 1.29 is 9.59 Å². The minimum absolute atomic E-state index is 0.0676. The van der Waals surface area contributed by atoms with Crippen LogP contribution in [0.4, 0.5) is 5.13 Å². The number of aromatic nitrogens is 2. The molecule has 0 unspecified atom stereocenters. The Hall–Kier alpha value is -2.54. The average Bonchev–Trinajstić information content (AvgIpc) is 3.03. The van der Waals surface area contributed by atoms with Crippen molar-refractivity contribution in [1.29, 1.82) is 0 Å². The van der Waals surface area contributed by atoms with E-state index < -0.39 is 0 Å². The second-order valence-corrected chi connectivity index (χ2v) is 6.83. The Morgan fingerprint density at radius 3 is 2.58 bits per heavy atom. The Labute approximate surface area is 145 Å². The van der Waals surface area contributed by atoms with Crippen LogP contribution in [0.3, 0.4) is 0 Å². The summed E-state index contributed by atoms with van der Waals surface area (Å²) in [5, 5.41) is 12.1. The van der Waals surface area contributed by atoms with Crippen LogP contribution in [0.2, 0.25) is 0 Å². The van der Waals surface area contributed by atoms with Gasteiger partial charge in [-0.25, -0.2) is 0 Å². The molecule has 0 saturated heterocycles. The molecule has 7 heteroatoms. The summed E-state index contributed by atoms with van der Waals surface area (Å²) in [6, 6.07) is 10.00. The van der Waals surface area contributed by atoms with Gasteiger partial charge >= 0.3 is 0 Å². The third-order valence-electron chi connectivity index (χ3n) is 3.63. The van der Waals surface area contributed by atoms with Crippen LogP contribution in [0.15, 0.2) is 43.0 Å². The van der Waals surface area contributed by atoms with Crippen LogP contribution in [0.1, 0.15) is 24.4 Å². The highest BCUT2D eigenvalue weighted by Crippen LogP contribution is 2.34. The summed E-state index contributed by atoms with van der Waals surface area (Å²) in [6.45, 7) is 7.44. The van der Waals surface area contributed by atoms with Crippen molar-refractivity contribution in [2.75, 3.05) is 18.9 Å². The number of likely N-dealkylation sites (N-methyl/N-ethyl adjacent to an activating group) is 1. The Balaban J connectivity index is 2.07. The number of nitrogens with one attached hydrogen (secondary N) is 1. The summed E-state index contributed by atoms with van der Waals surface area (Å²) < 4.78 is 0. The summed E-state index contributed by atoms with van der Waals surface area (Å²) in [5.74, 6) is -0.638. The summed E-state index contributed by atoms with van der Waals surface area (Å²) in [7, 11) is 1.54. The maximum absolute atomic E-state index is 12.0. The number of rotatable bonds is 6. The van der Waals surface area contributed by atoms with Gasteiger partial charge in [0.2, 0.25) is 16.9 Å². The van der Waals surface area contributed by atoms with Gasteiger partial charge < -0.3 is 4.90 Å². The molecule has 1 aromatic heterocycles. The second kappa shape index (κ2) is 7.35. The average molecular weight is 344 g/mol. The van der Waals surface area contributed by atoms with E-state index in [0.29, 0.717) is 5.13 Å². The highest BCUT2D eigenvalue weighted by atomic mass is 32.1. The lowest BCUT2D eigenvalue weighted by Gasteiger charge is -2.21. The van der Waals surface area contributed by atoms with Gasteiger partial charge in [-0.05, 0) is 25.5 Å². The lowest BCUT2D eigenvalue weighted by atomic mass is 9.85. The van der Waals surface area contributed by atoms with E-state index in [2.05, 4.69) is 35.9 Å². The molecule has 0 spiro atoms. The molecular formula is C17H20N4O2S. The maximum atomic E-state index is 12.0. The van der Waals surface area contributed by atoms with Gasteiger partial charge in [0.15, 0.2) is 0 Å². The van der Waals surface area contributed by atoms with Crippen LogP contribution in [0.5, 0.6) is 0 Å². The van der Waals surface area contributed by atoms with Gasteiger partial charge in [-0.2, -0.15) is 0 Å². The first-order valence-corrected chi connectivity index (χ1v) is 8.23. The predicted molar refractivity (Wildman–Crippen MR) is 94.9 cm³/mol. The molecule has 0 aliphatic carbocycles. The van der Waals surface area contributed by atoms with Crippen molar-refractivity contribution in [3.05, 3.63) is 53.6 Å². The normalized spacial score (nSPS) is 11.0. The molecule has 0 atom stereocenters. The molecule has 6 nitrogen and oxygen atoms in total. The number of anilines is 1. The first-order valence-electron chi connectivity index (χ1n) is 7.41. The molecule has 0 fully saturated rings. The SMILES string of the molecule is C=CC(=O)N(C)CC(=O)Nc1nnc(C(C)(C)c2ccccc2)s1. The van der Waals surface area contributed by atoms with Gasteiger partial charge in [0.25, 0.3) is 0 Å². The molecule has 2 aromatic rings. The Bertz CT molecular complexity index is 740. The number of nitrogens with zero attached hydrogens (tertiary/aromatic N) is 3. The van der Waals surface area contributed by atoms with E-state index in [0.717, 1.165) is 10.6 Å². The number of carbonyl (C=O) groups is 2. The fourth-order valence-electron chi connectivity index (χ4n) is 2.11. The Morgan fingerprint density at radius 2 is 1.96 bits per heavy atom. The lowest BCUT2D eigenvalue weighted by Crippen LogP contribution is -2.33. The van der Waals surface area contributed by atoms with Crippen LogP contribution in [-0.2, 0) is 15.0 Å². The fourth-order valence-corrected chi connectivity index (χ4v) is 3.00. The first kappa shape index (κ1) is 17.8. The maximum Gasteiger partial charge on any atom is 0.246 e. The summed E-state index contributed by atoms with van der Waals surface area (Å²) in [4.78, 5) is 24.6. The molecule has 2 amide bonds. The second-order valence-electron chi connectivity index (χ2n) is 5.85. The van der Waals surface area contributed by atoms with Crippen molar-refractivity contribution in [3.63, 3.8) is 0 Å². The highest BCUT2D eigenvalue weighted by Gasteiger charge is 2.27. The quantitative estimate of drug-likeness (QED) is 0.817. The molecule has 2 rings (SSSR count). The van der Waals surface area contributed by atoms with Crippen molar-refractivity contribution in [2.45, 2.75) is 19.3 Å². The van der Waals surface area contributed by atoms with Gasteiger partial charge in [-0.1, -0.05) is 48.2 Å². The van der Waals surface area contributed by atoms with Crippen molar-refractivity contribution in [2.24, 2.45) is 0 Å². The fraction of sp³-hybridized carbons (Fsp3) is 0.294. The van der Waals surface area contributed by atoms with Gasteiger partial charge in [0, 0.05) is 12.5 Å². The molecule has 0 aliphatic rings. The van der Waals surface area contributed by atoms with Crippen molar-refractivity contribution >= 4 is 28.3 Å². The minimum atomic E-state index is -0.326. The molecule has 24 heavy (non-hydrogen) atoms. The smallest absolute Gasteiger partial charge is 0.246 e. The lowest BCUT2D eigenvalue weighted by molar-refractivity contribution is -0.129. The van der Waals surface area contributed by atoms with E-state index in [1.807, 2.05) is 30.3 Å². The summed E-state index contributed by atoms with van der Waals surface area (Å²) in [5.41, 5.74) is 0.813. The molecule has 1 aromatic carbocycles. The van der Waals surface area contributed by atoms with Gasteiger partial charge in [0.05, 0.1) is 6.54 Å². The van der Waals surface area contributed by atoms with Crippen molar-refractivity contribution in [1.82, 2.24) is 15.1 Å². The van der Waals surface area contributed by atoms with E-state index in [1.165, 1.54) is 29.4 Å². The zero-order chi connectivity index (χ0) is 17.7. The molecule has 0 bridgehead atoms. The zero-order valence-corrected chi connectivity index (χ0v) is 14.8. The highest BCUT2D eigenvalue weighted by molar-refractivity contribution is 7.15. The largest absolute Gasteiger partial charge is 0.333 e. The monoisotopic (exact) mass is 344 g/mol. The number of hydrogen-bond donors (Lipinski definition) is 1. The standard InChI is InChI=1S/C17H20N4O2S/c1-5-14(23)21(4)11-13(22)18-16-20-19-15(24-16)17(2,3)12-9-7-6-8-10-12/h5-10H,1,11H2,2-4H3,(H,18,20,22). The predicted octanol–water partition coefficient (Wildman–Crippen LogP) is 2.45. The topological polar surface area (TPSA) is 75.2 Å². The van der Waals surface area contributed by atoms with Crippen LogP contribution in [0, 0.1) is 0 Å². The van der Waals surface area contributed by atoms with E-state index in [1.54, 1.807) is 0 Å². The first-order chi connectivity index (χ1) is 11.3. The molecule has 0 radical (unpaired) electrons. The van der Waals surface area contributed by atoms with Gasteiger partial charge in [-0.3, -0.25) is 14.9 Å². The Morgan fingerprint density at radius 1 is 1.29 bits per heavy atom. The summed E-state index contributed by atoms with van der Waals surface area (Å²) >= 11 is 1.33. The van der Waals surface area contributed by atoms with E-state index in [4.69, 9.17) is 0 Å². The van der Waals surface area contributed by atoms with Gasteiger partial charge in [0.1, 0.15) is 5.01 Å². The van der Waals surface area contributed by atoms with E-state index in [9.17, 15) is 9.59 Å². The number of amides is 2. The van der Waals surface area contributed by atoms with E-state index >= 15 is 0 Å². The third-order valence-corrected chi connectivity index (χ3v) is 4.80. The summed E-state index contributed by atoms with van der Waals surface area (Å²) in [6.07, 6.45) is 1.17. The number of hydrogen-bond acceptors (Lipinski definition) is 5. The van der Waals surface area contributed by atoms with Crippen LogP contribution in [0.25, 0.3) is 0 Å². The molecule has 0 aliphatic heterocycles. The van der Waals surface area contributed by atoms with Crippen molar-refractivity contribution in [3.8, 4) is 0 Å². The third kappa shape index (κ3) is 4.05. The van der Waals surface area contributed by atoms with Crippen LogP contribution in [-0.4, -0.2) is 40.5 Å². The molecular weight excluding hydrogens is 324 g/mol. The minimum Gasteiger partial charge on any atom is -0.333 e. The Kier molecular flexibility index (Phi) is 5.46. The molecule has 0 saturated carbocycles. The van der Waals surface area contributed by atoms with E-state index in [-0.39, 0.29) is 23.8 Å². The molecule has 1 heterocycles. The number of carbonyl (C=O) groups excluding carboxylic acids is 2. The molecule has 1 N–H and O–H groups in total. The molecule has 126 valence electrons. The van der Waals surface area contributed by atoms with Crippen LogP contribution < -0.4 is 5.32 Å². The number of benzene rings is 1. The zero-order valence-electron chi connectivity index (χ0n) is 13.9. The van der Waals surface area contributed by atoms with Gasteiger partial charge in [-0.15, -0.1) is 10.2 Å².